The summed E-state index contributed by atoms with van der Waals surface area (Å²) in [6.07, 6.45) is 0. The average molecular weight is 268 g/mol. The maximum absolute atomic E-state index is 11.8. The third kappa shape index (κ3) is 2.33. The molecule has 0 bridgehead atoms. The molecule has 98 valence electrons. The molecule has 0 spiro atoms. The van der Waals surface area contributed by atoms with Gasteiger partial charge in [-0.05, 0) is 24.6 Å². The van der Waals surface area contributed by atoms with E-state index in [0.717, 1.165) is 16.2 Å². The van der Waals surface area contributed by atoms with Crippen LogP contribution in [0.1, 0.15) is 5.56 Å². The Bertz CT molecular complexity index is 454. The second-order valence-electron chi connectivity index (χ2n) is 4.24. The lowest BCUT2D eigenvalue weighted by Crippen LogP contribution is -2.53. The summed E-state index contributed by atoms with van der Waals surface area (Å²) >= 11 is 1.45. The quantitative estimate of drug-likeness (QED) is 0.782. The number of esters is 1. The van der Waals surface area contributed by atoms with Crippen LogP contribution in [0.3, 0.4) is 0 Å². The lowest BCUT2D eigenvalue weighted by molar-refractivity contribution is -0.155. The molecule has 0 unspecified atom stereocenters. The van der Waals surface area contributed by atoms with Crippen molar-refractivity contribution in [1.29, 1.82) is 0 Å². The third-order valence-corrected chi connectivity index (χ3v) is 4.18. The van der Waals surface area contributed by atoms with Gasteiger partial charge in [-0.1, -0.05) is 17.8 Å². The molecule has 0 aromatic heterocycles. The SMILES string of the molecule is COC(=O)C1(Sc2cc(C)ccc2OC)COC1. The predicted octanol–water partition coefficient (Wildman–Crippen LogP) is 2.04. The molecule has 0 saturated carbocycles. The molecule has 0 N–H and O–H groups in total. The van der Waals surface area contributed by atoms with Crippen molar-refractivity contribution in [2.45, 2.75) is 16.6 Å². The van der Waals surface area contributed by atoms with Gasteiger partial charge in [0.1, 0.15) is 5.75 Å². The number of aryl methyl sites for hydroxylation is 1. The van der Waals surface area contributed by atoms with Gasteiger partial charge in [0.25, 0.3) is 0 Å². The van der Waals surface area contributed by atoms with E-state index >= 15 is 0 Å². The average Bonchev–Trinajstić information content (AvgIpc) is 2.33. The summed E-state index contributed by atoms with van der Waals surface area (Å²) in [5.74, 6) is 0.517. The molecule has 5 heteroatoms. The fourth-order valence-corrected chi connectivity index (χ4v) is 3.13. The van der Waals surface area contributed by atoms with Gasteiger partial charge in [0.15, 0.2) is 4.75 Å². The Morgan fingerprint density at radius 2 is 2.11 bits per heavy atom. The summed E-state index contributed by atoms with van der Waals surface area (Å²) in [5.41, 5.74) is 1.12. The Hall–Kier alpha value is -1.20. The van der Waals surface area contributed by atoms with Crippen LogP contribution >= 0.6 is 11.8 Å². The molecule has 1 heterocycles. The first-order valence-electron chi connectivity index (χ1n) is 5.61. The molecule has 18 heavy (non-hydrogen) atoms. The number of ether oxygens (including phenoxy) is 3. The van der Waals surface area contributed by atoms with E-state index in [-0.39, 0.29) is 5.97 Å². The zero-order chi connectivity index (χ0) is 13.2. The molecule has 0 atom stereocenters. The fourth-order valence-electron chi connectivity index (χ4n) is 1.77. The minimum absolute atomic E-state index is 0.248. The van der Waals surface area contributed by atoms with E-state index in [1.54, 1.807) is 7.11 Å². The molecule has 1 saturated heterocycles. The van der Waals surface area contributed by atoms with Crippen molar-refractivity contribution in [3.05, 3.63) is 23.8 Å². The van der Waals surface area contributed by atoms with E-state index in [1.165, 1.54) is 18.9 Å². The molecule has 1 aromatic carbocycles. The van der Waals surface area contributed by atoms with Crippen molar-refractivity contribution in [1.82, 2.24) is 0 Å². The van der Waals surface area contributed by atoms with Gasteiger partial charge in [-0.2, -0.15) is 0 Å². The molecular weight excluding hydrogens is 252 g/mol. The van der Waals surface area contributed by atoms with Gasteiger partial charge in [0.05, 0.1) is 32.3 Å². The first-order chi connectivity index (χ1) is 8.61. The van der Waals surface area contributed by atoms with Crippen LogP contribution in [0.4, 0.5) is 0 Å². The number of thioether (sulfide) groups is 1. The smallest absolute Gasteiger partial charge is 0.327 e. The van der Waals surface area contributed by atoms with E-state index in [4.69, 9.17) is 14.2 Å². The van der Waals surface area contributed by atoms with Crippen molar-refractivity contribution in [3.8, 4) is 5.75 Å². The van der Waals surface area contributed by atoms with E-state index in [2.05, 4.69) is 0 Å². The number of carbonyl (C=O) groups excluding carboxylic acids is 1. The van der Waals surface area contributed by atoms with E-state index in [1.807, 2.05) is 25.1 Å². The monoisotopic (exact) mass is 268 g/mol. The van der Waals surface area contributed by atoms with Gasteiger partial charge >= 0.3 is 5.97 Å². The Morgan fingerprint density at radius 1 is 1.39 bits per heavy atom. The van der Waals surface area contributed by atoms with Gasteiger partial charge in [-0.25, -0.2) is 0 Å². The summed E-state index contributed by atoms with van der Waals surface area (Å²) in [6.45, 7) is 2.76. The number of rotatable bonds is 4. The van der Waals surface area contributed by atoms with Gasteiger partial charge in [-0.3, -0.25) is 4.79 Å². The highest BCUT2D eigenvalue weighted by Gasteiger charge is 2.48. The second-order valence-corrected chi connectivity index (χ2v) is 5.66. The van der Waals surface area contributed by atoms with Crippen molar-refractivity contribution in [2.24, 2.45) is 0 Å². The number of carbonyl (C=O) groups is 1. The summed E-state index contributed by atoms with van der Waals surface area (Å²) in [7, 11) is 3.02. The minimum Gasteiger partial charge on any atom is -0.496 e. The van der Waals surface area contributed by atoms with Gasteiger partial charge in [0.2, 0.25) is 0 Å². The van der Waals surface area contributed by atoms with Crippen molar-refractivity contribution in [2.75, 3.05) is 27.4 Å². The highest BCUT2D eigenvalue weighted by Crippen LogP contribution is 2.43. The molecule has 0 radical (unpaired) electrons. The Kier molecular flexibility index (Phi) is 3.82. The van der Waals surface area contributed by atoms with Crippen LogP contribution in [0.25, 0.3) is 0 Å². The van der Waals surface area contributed by atoms with Crippen LogP contribution in [-0.2, 0) is 14.3 Å². The first-order valence-corrected chi connectivity index (χ1v) is 6.43. The summed E-state index contributed by atoms with van der Waals surface area (Å²) in [5, 5.41) is 0. The number of methoxy groups -OCH3 is 2. The number of hydrogen-bond acceptors (Lipinski definition) is 5. The molecule has 1 aliphatic heterocycles. The van der Waals surface area contributed by atoms with Gasteiger partial charge in [-0.15, -0.1) is 0 Å². The molecule has 2 rings (SSSR count). The summed E-state index contributed by atoms with van der Waals surface area (Å²) in [6, 6.07) is 5.89. The van der Waals surface area contributed by atoms with Crippen molar-refractivity contribution < 1.29 is 19.0 Å². The van der Waals surface area contributed by atoms with Crippen molar-refractivity contribution >= 4 is 17.7 Å². The van der Waals surface area contributed by atoms with Crippen LogP contribution in [0.2, 0.25) is 0 Å². The largest absolute Gasteiger partial charge is 0.496 e. The first kappa shape index (κ1) is 13.2. The zero-order valence-electron chi connectivity index (χ0n) is 10.7. The van der Waals surface area contributed by atoms with Crippen molar-refractivity contribution in [3.63, 3.8) is 0 Å². The molecule has 1 fully saturated rings. The predicted molar refractivity (Wildman–Crippen MR) is 69.2 cm³/mol. The Morgan fingerprint density at radius 3 is 2.61 bits per heavy atom. The fraction of sp³-hybridized carbons (Fsp3) is 0.462. The van der Waals surface area contributed by atoms with Gasteiger partial charge in [0, 0.05) is 0 Å². The van der Waals surface area contributed by atoms with E-state index in [9.17, 15) is 4.79 Å². The standard InChI is InChI=1S/C13H16O4S/c1-9-4-5-10(15-2)11(6-9)18-13(7-17-8-13)12(14)16-3/h4-6H,7-8H2,1-3H3. The van der Waals surface area contributed by atoms with Crippen LogP contribution < -0.4 is 4.74 Å². The lowest BCUT2D eigenvalue weighted by atomic mass is 10.1. The molecule has 0 aliphatic carbocycles. The molecule has 1 aromatic rings. The van der Waals surface area contributed by atoms with Crippen LogP contribution in [-0.4, -0.2) is 38.1 Å². The second kappa shape index (κ2) is 5.20. The zero-order valence-corrected chi connectivity index (χ0v) is 11.5. The maximum atomic E-state index is 11.8. The Labute approximate surface area is 111 Å². The lowest BCUT2D eigenvalue weighted by Gasteiger charge is -2.37. The van der Waals surface area contributed by atoms with E-state index in [0.29, 0.717) is 13.2 Å². The number of benzene rings is 1. The summed E-state index contributed by atoms with van der Waals surface area (Å²) < 4.78 is 14.7. The van der Waals surface area contributed by atoms with E-state index < -0.39 is 4.75 Å². The maximum Gasteiger partial charge on any atom is 0.327 e. The molecular formula is C13H16O4S. The number of hydrogen-bond donors (Lipinski definition) is 0. The molecule has 0 amide bonds. The third-order valence-electron chi connectivity index (χ3n) is 2.85. The van der Waals surface area contributed by atoms with Gasteiger partial charge < -0.3 is 14.2 Å². The van der Waals surface area contributed by atoms with Crippen LogP contribution in [0, 0.1) is 6.92 Å². The Balaban J connectivity index is 2.27. The topological polar surface area (TPSA) is 44.8 Å². The molecule has 1 aliphatic rings. The van der Waals surface area contributed by atoms with Crippen LogP contribution in [0.15, 0.2) is 23.1 Å². The summed E-state index contributed by atoms with van der Waals surface area (Å²) in [4.78, 5) is 12.8. The highest BCUT2D eigenvalue weighted by atomic mass is 32.2. The van der Waals surface area contributed by atoms with Crippen LogP contribution in [0.5, 0.6) is 5.75 Å². The minimum atomic E-state index is -0.629. The highest BCUT2D eigenvalue weighted by molar-refractivity contribution is 8.01. The normalized spacial score (nSPS) is 16.8. The molecule has 4 nitrogen and oxygen atoms in total.